The Bertz CT molecular complexity index is 1170. The Morgan fingerprint density at radius 3 is 2.60 bits per heavy atom. The Kier molecular flexibility index (Phi) is 6.61. The molecule has 0 aliphatic rings. The molecule has 4 aromatic rings. The molecule has 0 saturated heterocycles. The van der Waals surface area contributed by atoms with Gasteiger partial charge in [0.05, 0.1) is 0 Å². The molecule has 2 N–H and O–H groups in total. The van der Waals surface area contributed by atoms with Crippen molar-refractivity contribution < 1.29 is 0 Å². The molecule has 0 saturated carbocycles. The van der Waals surface area contributed by atoms with Gasteiger partial charge in [-0.25, -0.2) is 0 Å². The Morgan fingerprint density at radius 1 is 1.10 bits per heavy atom. The van der Waals surface area contributed by atoms with Gasteiger partial charge in [-0.1, -0.05) is 0 Å². The molecule has 30 heavy (non-hydrogen) atoms. The summed E-state index contributed by atoms with van der Waals surface area (Å²) in [5, 5.41) is 13.0. The Hall–Kier alpha value is -2.08. The van der Waals surface area contributed by atoms with Gasteiger partial charge >= 0.3 is 197 Å². The van der Waals surface area contributed by atoms with E-state index in [1.165, 1.54) is 4.44 Å². The number of nitrogens with zero attached hydrogens (tertiary/aromatic N) is 2. The van der Waals surface area contributed by atoms with Crippen LogP contribution in [0.5, 0.6) is 0 Å². The number of aromatic nitrogens is 2. The third kappa shape index (κ3) is 4.64. The molecule has 4 nitrogen and oxygen atoms in total. The Labute approximate surface area is 196 Å². The van der Waals surface area contributed by atoms with Crippen LogP contribution in [0, 0.1) is 6.92 Å². The number of nitrogens with one attached hydrogen (secondary N) is 2. The molecule has 0 spiro atoms. The maximum absolute atomic E-state index is 6.50. The van der Waals surface area contributed by atoms with Gasteiger partial charge in [-0.2, -0.15) is 0 Å². The maximum atomic E-state index is 6.50. The van der Waals surface area contributed by atoms with Crippen LogP contribution >= 0.6 is 35.4 Å². The molecule has 2 aromatic heterocycles. The van der Waals surface area contributed by atoms with Crippen molar-refractivity contribution >= 4 is 60.7 Å². The Morgan fingerprint density at radius 2 is 1.90 bits per heavy atom. The van der Waals surface area contributed by atoms with Gasteiger partial charge in [0.1, 0.15) is 0 Å². The van der Waals surface area contributed by atoms with Crippen LogP contribution in [0.4, 0.5) is 5.69 Å². The minimum absolute atomic E-state index is 0.260. The molecule has 0 unspecified atom stereocenters. The number of halogens is 2. The summed E-state index contributed by atoms with van der Waals surface area (Å²) >= 11 is 18.3. The summed E-state index contributed by atoms with van der Waals surface area (Å²) in [4.78, 5) is 2.19. The summed E-state index contributed by atoms with van der Waals surface area (Å²) in [6, 6.07) is 19.5. The molecular formula is C22H18Cl2N4SSe. The molecular weight excluding hydrogens is 502 g/mol. The van der Waals surface area contributed by atoms with E-state index in [1.807, 2.05) is 47.1 Å². The van der Waals surface area contributed by atoms with Crippen LogP contribution in [0.2, 0.25) is 10.0 Å². The summed E-state index contributed by atoms with van der Waals surface area (Å²) in [5.74, 6) is 0. The van der Waals surface area contributed by atoms with E-state index in [0.717, 1.165) is 28.3 Å². The van der Waals surface area contributed by atoms with Crippen molar-refractivity contribution in [2.24, 2.45) is 0 Å². The fourth-order valence-corrected chi connectivity index (χ4v) is 5.48. The van der Waals surface area contributed by atoms with Crippen LogP contribution in [0.3, 0.4) is 0 Å². The van der Waals surface area contributed by atoms with Gasteiger partial charge in [-0.05, 0) is 0 Å². The predicted octanol–water partition coefficient (Wildman–Crippen LogP) is 5.70. The third-order valence-electron chi connectivity index (χ3n) is 4.56. The molecule has 0 aliphatic heterocycles. The monoisotopic (exact) mass is 520 g/mol. The van der Waals surface area contributed by atoms with Gasteiger partial charge in [0.25, 0.3) is 0 Å². The van der Waals surface area contributed by atoms with Crippen LogP contribution in [-0.4, -0.2) is 29.4 Å². The van der Waals surface area contributed by atoms with E-state index in [2.05, 4.69) is 34.6 Å². The molecule has 0 atom stereocenters. The molecule has 0 radical (unpaired) electrons. The summed E-state index contributed by atoms with van der Waals surface area (Å²) in [6.45, 7) is 2.59. The number of benzene rings is 2. The first-order valence-corrected chi connectivity index (χ1v) is 12.2. The van der Waals surface area contributed by atoms with Crippen LogP contribution in [0.1, 0.15) is 11.3 Å². The second-order valence-electron chi connectivity index (χ2n) is 6.58. The van der Waals surface area contributed by atoms with E-state index in [-0.39, 0.29) is 14.5 Å². The van der Waals surface area contributed by atoms with Crippen LogP contribution < -0.4 is 10.6 Å². The zero-order valence-electron chi connectivity index (χ0n) is 16.0. The van der Waals surface area contributed by atoms with Crippen molar-refractivity contribution in [3.63, 3.8) is 0 Å². The number of hydrogen-bond acceptors (Lipinski definition) is 2. The number of hydrogen-bond donors (Lipinski definition) is 2. The zero-order valence-corrected chi connectivity index (χ0v) is 20.1. The third-order valence-corrected chi connectivity index (χ3v) is 7.18. The fraction of sp³-hybridized carbons (Fsp3) is 0.0909. The van der Waals surface area contributed by atoms with Crippen LogP contribution in [0.15, 0.2) is 65.6 Å². The molecule has 0 bridgehead atoms. The average molecular weight is 520 g/mol. The van der Waals surface area contributed by atoms with E-state index >= 15 is 0 Å². The first kappa shape index (κ1) is 21.2. The van der Waals surface area contributed by atoms with Gasteiger partial charge in [-0.15, -0.1) is 0 Å². The zero-order chi connectivity index (χ0) is 21.1. The van der Waals surface area contributed by atoms with E-state index in [4.69, 9.17) is 40.5 Å². The Balaban J connectivity index is 1.63. The number of rotatable bonds is 5. The van der Waals surface area contributed by atoms with E-state index in [9.17, 15) is 0 Å². The summed E-state index contributed by atoms with van der Waals surface area (Å²) in [5.41, 5.74) is 4.84. The first-order valence-electron chi connectivity index (χ1n) is 9.20. The molecule has 0 fully saturated rings. The van der Waals surface area contributed by atoms with Crippen molar-refractivity contribution in [3.05, 3.63) is 86.9 Å². The number of para-hydroxylation sites is 1. The second-order valence-corrected chi connectivity index (χ2v) is 9.82. The molecule has 2 aromatic carbocycles. The standard InChI is InChI=1S/C22H18Cl2N4SSe/c1-14-18(13-25-22(29)26-16-6-3-2-4-7-16)27-28(21(14)20-8-5-11-30-20)19-10-9-15(23)12-17(19)24/h2-12H,13H2,1H3,(H2,25,26,29). The number of anilines is 1. The van der Waals surface area contributed by atoms with Gasteiger partial charge < -0.3 is 0 Å². The van der Waals surface area contributed by atoms with Gasteiger partial charge in [0, 0.05) is 0 Å². The van der Waals surface area contributed by atoms with Crippen molar-refractivity contribution in [1.82, 2.24) is 15.1 Å². The first-order chi connectivity index (χ1) is 14.5. The minimum atomic E-state index is 0.260. The summed E-state index contributed by atoms with van der Waals surface area (Å²) < 4.78 is 3.17. The van der Waals surface area contributed by atoms with Crippen LogP contribution in [0.25, 0.3) is 15.8 Å². The summed E-state index contributed by atoms with van der Waals surface area (Å²) in [6.07, 6.45) is 0. The van der Waals surface area contributed by atoms with Crippen molar-refractivity contribution in [1.29, 1.82) is 0 Å². The van der Waals surface area contributed by atoms with Crippen molar-refractivity contribution in [2.45, 2.75) is 13.5 Å². The summed E-state index contributed by atoms with van der Waals surface area (Å²) in [7, 11) is 0. The average Bonchev–Trinajstić information content (AvgIpc) is 3.35. The predicted molar refractivity (Wildman–Crippen MR) is 130 cm³/mol. The molecule has 8 heteroatoms. The van der Waals surface area contributed by atoms with Gasteiger partial charge in [0.15, 0.2) is 0 Å². The molecule has 0 aliphatic carbocycles. The van der Waals surface area contributed by atoms with E-state index in [1.54, 1.807) is 6.07 Å². The van der Waals surface area contributed by atoms with E-state index < -0.39 is 0 Å². The SMILES string of the molecule is Cc1c(CNC(=S)Nc2ccccc2)nn(-c2ccc(Cl)cc2Cl)c1-c1ccc[se]1. The molecule has 0 amide bonds. The van der Waals surface area contributed by atoms with Crippen molar-refractivity contribution in [2.75, 3.05) is 5.32 Å². The van der Waals surface area contributed by atoms with Gasteiger partial charge in [0.2, 0.25) is 0 Å². The molecule has 4 rings (SSSR count). The van der Waals surface area contributed by atoms with Crippen molar-refractivity contribution in [3.8, 4) is 15.8 Å². The topological polar surface area (TPSA) is 41.9 Å². The quantitative estimate of drug-likeness (QED) is 0.262. The molecule has 2 heterocycles. The normalized spacial score (nSPS) is 10.8. The van der Waals surface area contributed by atoms with E-state index in [0.29, 0.717) is 21.7 Å². The molecule has 152 valence electrons. The van der Waals surface area contributed by atoms with Crippen LogP contribution in [-0.2, 0) is 6.54 Å². The fourth-order valence-electron chi connectivity index (χ4n) is 3.10. The van der Waals surface area contributed by atoms with Gasteiger partial charge in [-0.3, -0.25) is 0 Å². The number of thiocarbonyl (C=S) groups is 1. The second kappa shape index (κ2) is 9.38.